The van der Waals surface area contributed by atoms with Gasteiger partial charge in [-0.05, 0) is 135 Å². The van der Waals surface area contributed by atoms with E-state index in [0.717, 1.165) is 48.5 Å². The molecule has 2 aliphatic rings. The normalized spacial score (nSPS) is 16.8. The van der Waals surface area contributed by atoms with Crippen LogP contribution in [0, 0.1) is 34.9 Å². The summed E-state index contributed by atoms with van der Waals surface area (Å²) in [7, 11) is 0. The number of fused-ring (bicyclic) bond motifs is 2. The smallest absolute Gasteiger partial charge is 0.137 e. The van der Waals surface area contributed by atoms with Crippen molar-refractivity contribution >= 4 is 34.1 Å². The van der Waals surface area contributed by atoms with E-state index in [1.165, 1.54) is 60.7 Å². The van der Waals surface area contributed by atoms with Gasteiger partial charge < -0.3 is 20.2 Å². The Bertz CT molecular complexity index is 2840. The Balaban J connectivity index is 0.000000162. The minimum Gasteiger partial charge on any atom is -0.410 e. The Morgan fingerprint density at radius 1 is 0.500 bits per heavy atom. The number of benzene rings is 4. The summed E-state index contributed by atoms with van der Waals surface area (Å²) in [5.41, 5.74) is 6.09. The summed E-state index contributed by atoms with van der Waals surface area (Å²) in [5, 5.41) is 26.2. The molecule has 324 valence electrons. The van der Waals surface area contributed by atoms with Gasteiger partial charge in [0, 0.05) is 47.7 Å². The van der Waals surface area contributed by atoms with Crippen LogP contribution in [0.25, 0.3) is 11.3 Å². The Labute approximate surface area is 362 Å². The largest absolute Gasteiger partial charge is 0.410 e. The van der Waals surface area contributed by atoms with Gasteiger partial charge in [0.25, 0.3) is 0 Å². The highest BCUT2D eigenvalue weighted by Crippen LogP contribution is 2.39. The highest BCUT2D eigenvalue weighted by atomic mass is 19.1. The monoisotopic (exact) mass is 872 g/mol. The van der Waals surface area contributed by atoms with Gasteiger partial charge in [-0.15, -0.1) is 0 Å². The van der Waals surface area contributed by atoms with Crippen molar-refractivity contribution in [2.45, 2.75) is 37.8 Å². The van der Waals surface area contributed by atoms with E-state index in [-0.39, 0.29) is 23.5 Å². The maximum Gasteiger partial charge on any atom is 0.137 e. The summed E-state index contributed by atoms with van der Waals surface area (Å²) in [5.74, 6) is -2.59. The number of hydrogen-bond donors (Lipinski definition) is 2. The molecule has 4 aromatic carbocycles. The summed E-state index contributed by atoms with van der Waals surface area (Å²) in [4.78, 5) is 12.8. The molecule has 0 saturated carbocycles. The maximum absolute atomic E-state index is 14.5. The number of nitrogens with zero attached hydrogens (tertiary/aromatic N) is 8. The van der Waals surface area contributed by atoms with Crippen LogP contribution in [0.1, 0.15) is 71.4 Å². The van der Waals surface area contributed by atoms with E-state index >= 15 is 0 Å². The molecule has 2 atom stereocenters. The van der Waals surface area contributed by atoms with E-state index in [2.05, 4.69) is 20.3 Å². The number of aromatic nitrogens is 4. The van der Waals surface area contributed by atoms with Crippen molar-refractivity contribution in [2.24, 2.45) is 10.3 Å². The van der Waals surface area contributed by atoms with E-state index in [1.807, 2.05) is 46.5 Å². The minimum absolute atomic E-state index is 0.240. The van der Waals surface area contributed by atoms with Crippen LogP contribution in [0.3, 0.4) is 0 Å². The molecular formula is C48H38F6N8O2. The van der Waals surface area contributed by atoms with Gasteiger partial charge in [-0.1, -0.05) is 10.3 Å². The summed E-state index contributed by atoms with van der Waals surface area (Å²) in [6, 6.07) is 25.1. The Morgan fingerprint density at radius 2 is 0.891 bits per heavy atom. The van der Waals surface area contributed by atoms with Gasteiger partial charge in [-0.25, -0.2) is 36.3 Å². The van der Waals surface area contributed by atoms with Gasteiger partial charge in [0.1, 0.15) is 57.6 Å². The first kappa shape index (κ1) is 41.7. The van der Waals surface area contributed by atoms with Gasteiger partial charge in [-0.2, -0.15) is 0 Å². The zero-order valence-electron chi connectivity index (χ0n) is 33.8. The molecule has 6 heterocycles. The minimum atomic E-state index is -0.469. The zero-order valence-corrected chi connectivity index (χ0v) is 33.8. The topological polar surface area (TPSA) is 106 Å². The zero-order chi connectivity index (χ0) is 44.5. The molecule has 8 aromatic rings. The molecule has 2 fully saturated rings. The third-order valence-corrected chi connectivity index (χ3v) is 11.7. The predicted octanol–water partition coefficient (Wildman–Crippen LogP) is 10.6. The average Bonchev–Trinajstić information content (AvgIpc) is 4.15. The standard InChI is InChI=1S/2C24H19F3N4O/c2*25-16-5-3-15(4-6-16)24(29-32)22-13-28-23-10-8-18(14-31(22)23)30-11-1-2-21(30)19-12-17(26)7-9-20(19)27/h2*3-10,12-14,21,32H,1-2,11H2. The summed E-state index contributed by atoms with van der Waals surface area (Å²) < 4.78 is 86.7. The van der Waals surface area contributed by atoms with E-state index < -0.39 is 34.9 Å². The number of anilines is 2. The van der Waals surface area contributed by atoms with Crippen molar-refractivity contribution < 1.29 is 36.8 Å². The Hall–Kier alpha value is -7.62. The van der Waals surface area contributed by atoms with Crippen molar-refractivity contribution in [1.29, 1.82) is 0 Å². The van der Waals surface area contributed by atoms with Gasteiger partial charge in [0.05, 0.1) is 47.2 Å². The maximum atomic E-state index is 14.5. The molecule has 10 nitrogen and oxygen atoms in total. The number of imidazole rings is 2. The molecule has 0 aliphatic carbocycles. The number of pyridine rings is 2. The van der Waals surface area contributed by atoms with Crippen molar-refractivity contribution in [2.75, 3.05) is 22.9 Å². The number of halogens is 6. The molecule has 2 aliphatic heterocycles. The van der Waals surface area contributed by atoms with Crippen LogP contribution in [0.2, 0.25) is 0 Å². The Morgan fingerprint density at radius 3 is 1.28 bits per heavy atom. The fraction of sp³-hybridized carbons (Fsp3) is 0.167. The third-order valence-electron chi connectivity index (χ3n) is 11.7. The third kappa shape index (κ3) is 8.09. The number of hydrogen-bond acceptors (Lipinski definition) is 8. The van der Waals surface area contributed by atoms with Gasteiger partial charge in [0.2, 0.25) is 0 Å². The molecule has 4 aromatic heterocycles. The fourth-order valence-corrected chi connectivity index (χ4v) is 8.70. The molecule has 10 rings (SSSR count). The van der Waals surface area contributed by atoms with Crippen molar-refractivity contribution in [3.05, 3.63) is 203 Å². The lowest BCUT2D eigenvalue weighted by Crippen LogP contribution is -2.24. The lowest BCUT2D eigenvalue weighted by Gasteiger charge is -2.27. The highest BCUT2D eigenvalue weighted by molar-refractivity contribution is 6.12. The van der Waals surface area contributed by atoms with Crippen LogP contribution in [0.15, 0.2) is 144 Å². The molecule has 64 heavy (non-hydrogen) atoms. The summed E-state index contributed by atoms with van der Waals surface area (Å²) in [6.07, 6.45) is 9.91. The SMILES string of the molecule is ON=C(c1ccc(F)cc1)c1cnc2ccc(N3CCCC3c3cc(F)ccc3F)cn12.ON=C(c1ccc(F)cc1)c1cnc2ccc(N3CCCC3c3cc(F)ccc3F)cn12. The number of rotatable bonds is 8. The summed E-state index contributed by atoms with van der Waals surface area (Å²) in [6.45, 7) is 1.38. The van der Waals surface area contributed by atoms with Crippen LogP contribution < -0.4 is 9.80 Å². The second kappa shape index (κ2) is 17.6. The molecule has 2 saturated heterocycles. The van der Waals surface area contributed by atoms with E-state index in [0.29, 0.717) is 70.9 Å². The quantitative estimate of drug-likeness (QED) is 0.0682. The first-order valence-corrected chi connectivity index (χ1v) is 20.4. The van der Waals surface area contributed by atoms with Crippen LogP contribution >= 0.6 is 0 Å². The van der Waals surface area contributed by atoms with Crippen molar-refractivity contribution in [3.63, 3.8) is 0 Å². The van der Waals surface area contributed by atoms with E-state index in [1.54, 1.807) is 21.2 Å². The van der Waals surface area contributed by atoms with Gasteiger partial charge >= 0.3 is 0 Å². The predicted molar refractivity (Wildman–Crippen MR) is 229 cm³/mol. The van der Waals surface area contributed by atoms with E-state index in [4.69, 9.17) is 0 Å². The lowest BCUT2D eigenvalue weighted by molar-refractivity contribution is 0.319. The van der Waals surface area contributed by atoms with Crippen LogP contribution in [0.5, 0.6) is 0 Å². The molecular weight excluding hydrogens is 835 g/mol. The first-order valence-electron chi connectivity index (χ1n) is 20.4. The summed E-state index contributed by atoms with van der Waals surface area (Å²) >= 11 is 0. The van der Waals surface area contributed by atoms with Crippen LogP contribution in [0.4, 0.5) is 37.7 Å². The molecule has 2 unspecified atom stereocenters. The van der Waals surface area contributed by atoms with Crippen molar-refractivity contribution in [3.8, 4) is 0 Å². The number of oxime groups is 2. The van der Waals surface area contributed by atoms with Crippen LogP contribution in [-0.2, 0) is 0 Å². The fourth-order valence-electron chi connectivity index (χ4n) is 8.70. The average molecular weight is 873 g/mol. The lowest BCUT2D eigenvalue weighted by atomic mass is 10.0. The van der Waals surface area contributed by atoms with Gasteiger partial charge in [0.15, 0.2) is 0 Å². The molecule has 0 bridgehead atoms. The second-order valence-electron chi connectivity index (χ2n) is 15.5. The first-order chi connectivity index (χ1) is 31.1. The second-order valence-corrected chi connectivity index (χ2v) is 15.5. The molecule has 16 heteroatoms. The molecule has 2 N–H and O–H groups in total. The molecule has 0 amide bonds. The highest BCUT2D eigenvalue weighted by Gasteiger charge is 2.31. The van der Waals surface area contributed by atoms with Crippen LogP contribution in [-0.4, -0.2) is 53.7 Å². The molecule has 0 radical (unpaired) electrons. The van der Waals surface area contributed by atoms with E-state index in [9.17, 15) is 36.8 Å². The Kier molecular flexibility index (Phi) is 11.5. The molecule has 0 spiro atoms. The van der Waals surface area contributed by atoms with Gasteiger partial charge in [-0.3, -0.25) is 8.80 Å². The van der Waals surface area contributed by atoms with Crippen molar-refractivity contribution in [1.82, 2.24) is 18.8 Å².